The highest BCUT2D eigenvalue weighted by molar-refractivity contribution is 9.10. The Morgan fingerprint density at radius 2 is 1.89 bits per heavy atom. The van der Waals surface area contributed by atoms with Crippen molar-refractivity contribution in [3.8, 4) is 5.75 Å². The van der Waals surface area contributed by atoms with Crippen LogP contribution in [-0.4, -0.2) is 4.99 Å². The quantitative estimate of drug-likeness (QED) is 0.858. The number of nitrogens with two attached hydrogens (primary N) is 1. The topological polar surface area (TPSA) is 35.2 Å². The summed E-state index contributed by atoms with van der Waals surface area (Å²) in [6.45, 7) is 2.56. The van der Waals surface area contributed by atoms with E-state index < -0.39 is 0 Å². The van der Waals surface area contributed by atoms with Gasteiger partial charge >= 0.3 is 0 Å². The van der Waals surface area contributed by atoms with Crippen LogP contribution in [0.4, 0.5) is 0 Å². The minimum absolute atomic E-state index is 0.334. The Balaban J connectivity index is 2.15. The Labute approximate surface area is 126 Å². The molecule has 98 valence electrons. The molecule has 0 spiro atoms. The van der Waals surface area contributed by atoms with Gasteiger partial charge in [-0.15, -0.1) is 0 Å². The average molecular weight is 336 g/mol. The number of hydrogen-bond acceptors (Lipinski definition) is 2. The number of ether oxygens (including phenoxy) is 1. The van der Waals surface area contributed by atoms with E-state index in [-0.39, 0.29) is 0 Å². The number of thiocarbonyl (C=S) groups is 1. The molecule has 0 fully saturated rings. The normalized spacial score (nSPS) is 10.2. The van der Waals surface area contributed by atoms with Crippen molar-refractivity contribution in [3.05, 3.63) is 63.6 Å². The molecular weight excluding hydrogens is 322 g/mol. The summed E-state index contributed by atoms with van der Waals surface area (Å²) in [5, 5.41) is 0. The summed E-state index contributed by atoms with van der Waals surface area (Å²) >= 11 is 8.43. The zero-order valence-electron chi connectivity index (χ0n) is 10.5. The van der Waals surface area contributed by atoms with Gasteiger partial charge < -0.3 is 10.5 Å². The van der Waals surface area contributed by atoms with Gasteiger partial charge in [0.2, 0.25) is 0 Å². The van der Waals surface area contributed by atoms with E-state index in [9.17, 15) is 0 Å². The lowest BCUT2D eigenvalue weighted by atomic mass is 10.1. The van der Waals surface area contributed by atoms with Crippen molar-refractivity contribution in [2.75, 3.05) is 0 Å². The molecule has 0 heterocycles. The van der Waals surface area contributed by atoms with Crippen LogP contribution in [0.2, 0.25) is 0 Å². The summed E-state index contributed by atoms with van der Waals surface area (Å²) in [6.07, 6.45) is 0. The van der Waals surface area contributed by atoms with E-state index in [0.29, 0.717) is 17.3 Å². The lowest BCUT2D eigenvalue weighted by molar-refractivity contribution is 0.305. The molecule has 2 N–H and O–H groups in total. The molecule has 0 aromatic heterocycles. The second-order valence-corrected chi connectivity index (χ2v) is 5.63. The third-order valence-electron chi connectivity index (χ3n) is 2.72. The predicted molar refractivity (Wildman–Crippen MR) is 85.5 cm³/mol. The third-order valence-corrected chi connectivity index (χ3v) is 3.44. The molecule has 2 aromatic carbocycles. The van der Waals surface area contributed by atoms with E-state index in [4.69, 9.17) is 22.7 Å². The fraction of sp³-hybridized carbons (Fsp3) is 0.133. The molecule has 4 heteroatoms. The number of rotatable bonds is 4. The fourth-order valence-electron chi connectivity index (χ4n) is 1.67. The van der Waals surface area contributed by atoms with Gasteiger partial charge in [0.25, 0.3) is 0 Å². The molecule has 0 radical (unpaired) electrons. The minimum atomic E-state index is 0.334. The predicted octanol–water partition coefficient (Wildman–Crippen LogP) is 3.97. The molecular formula is C15H14BrNOS. The number of benzene rings is 2. The van der Waals surface area contributed by atoms with E-state index in [1.807, 2.05) is 18.2 Å². The first-order chi connectivity index (χ1) is 9.06. The Morgan fingerprint density at radius 3 is 2.53 bits per heavy atom. The van der Waals surface area contributed by atoms with Crippen molar-refractivity contribution in [1.82, 2.24) is 0 Å². The van der Waals surface area contributed by atoms with Crippen LogP contribution in [-0.2, 0) is 6.61 Å². The van der Waals surface area contributed by atoms with Gasteiger partial charge in [-0.1, -0.05) is 58.0 Å². The third kappa shape index (κ3) is 3.78. The van der Waals surface area contributed by atoms with Gasteiger partial charge in [-0.25, -0.2) is 0 Å². The van der Waals surface area contributed by atoms with Crippen molar-refractivity contribution in [1.29, 1.82) is 0 Å². The lowest BCUT2D eigenvalue weighted by Gasteiger charge is -2.11. The maximum atomic E-state index is 5.79. The fourth-order valence-corrected chi connectivity index (χ4v) is 2.19. The molecule has 2 nitrogen and oxygen atoms in total. The van der Waals surface area contributed by atoms with Gasteiger partial charge in [0, 0.05) is 4.47 Å². The van der Waals surface area contributed by atoms with Crippen molar-refractivity contribution < 1.29 is 4.74 Å². The molecule has 0 unspecified atom stereocenters. The maximum Gasteiger partial charge on any atom is 0.130 e. The molecule has 0 saturated heterocycles. The standard InChI is InChI=1S/C15H14BrNOS/c1-10-2-4-11(5-3-10)9-18-14-7-6-12(16)8-13(14)15(17)19/h2-8H,9H2,1H3,(H2,17,19). The molecule has 0 saturated carbocycles. The Morgan fingerprint density at radius 1 is 1.21 bits per heavy atom. The van der Waals surface area contributed by atoms with Crippen LogP contribution in [0.25, 0.3) is 0 Å². The summed E-state index contributed by atoms with van der Waals surface area (Å²) in [5.41, 5.74) is 8.80. The van der Waals surface area contributed by atoms with Gasteiger partial charge in [0.05, 0.1) is 5.56 Å². The van der Waals surface area contributed by atoms with Crippen LogP contribution in [0.15, 0.2) is 46.9 Å². The summed E-state index contributed by atoms with van der Waals surface area (Å²) in [5.74, 6) is 0.705. The monoisotopic (exact) mass is 335 g/mol. The lowest BCUT2D eigenvalue weighted by Crippen LogP contribution is -2.11. The largest absolute Gasteiger partial charge is 0.488 e. The summed E-state index contributed by atoms with van der Waals surface area (Å²) in [4.78, 5) is 0.334. The van der Waals surface area contributed by atoms with Crippen molar-refractivity contribution in [3.63, 3.8) is 0 Å². The van der Waals surface area contributed by atoms with Crippen LogP contribution in [0.1, 0.15) is 16.7 Å². The SMILES string of the molecule is Cc1ccc(COc2ccc(Br)cc2C(N)=S)cc1. The average Bonchev–Trinajstić information content (AvgIpc) is 2.39. The van der Waals surface area contributed by atoms with Crippen molar-refractivity contribution in [2.24, 2.45) is 5.73 Å². The molecule has 19 heavy (non-hydrogen) atoms. The molecule has 0 aliphatic carbocycles. The summed E-state index contributed by atoms with van der Waals surface area (Å²) in [6, 6.07) is 13.9. The molecule has 0 aliphatic heterocycles. The van der Waals surface area contributed by atoms with Gasteiger partial charge in [0.1, 0.15) is 17.3 Å². The maximum absolute atomic E-state index is 5.79. The van der Waals surface area contributed by atoms with Gasteiger partial charge in [-0.2, -0.15) is 0 Å². The zero-order valence-corrected chi connectivity index (χ0v) is 12.9. The van der Waals surface area contributed by atoms with Gasteiger partial charge in [0.15, 0.2) is 0 Å². The van der Waals surface area contributed by atoms with Crippen LogP contribution >= 0.6 is 28.1 Å². The first-order valence-corrected chi connectivity index (χ1v) is 7.04. The number of hydrogen-bond donors (Lipinski definition) is 1. The minimum Gasteiger partial charge on any atom is -0.488 e. The van der Waals surface area contributed by atoms with Crippen molar-refractivity contribution in [2.45, 2.75) is 13.5 Å². The first kappa shape index (κ1) is 14.0. The second-order valence-electron chi connectivity index (χ2n) is 4.28. The highest BCUT2D eigenvalue weighted by Crippen LogP contribution is 2.24. The van der Waals surface area contributed by atoms with E-state index in [0.717, 1.165) is 15.6 Å². The summed E-state index contributed by atoms with van der Waals surface area (Å²) < 4.78 is 6.72. The van der Waals surface area contributed by atoms with E-state index in [2.05, 4.69) is 47.1 Å². The highest BCUT2D eigenvalue weighted by Gasteiger charge is 2.07. The Kier molecular flexibility index (Phi) is 4.56. The Bertz CT molecular complexity index is 596. The van der Waals surface area contributed by atoms with Gasteiger partial charge in [-0.3, -0.25) is 0 Å². The zero-order chi connectivity index (χ0) is 13.8. The van der Waals surface area contributed by atoms with Crippen LogP contribution in [0.3, 0.4) is 0 Å². The van der Waals surface area contributed by atoms with Gasteiger partial charge in [-0.05, 0) is 30.7 Å². The molecule has 0 atom stereocenters. The second kappa shape index (κ2) is 6.17. The smallest absolute Gasteiger partial charge is 0.130 e. The van der Waals surface area contributed by atoms with Crippen LogP contribution < -0.4 is 10.5 Å². The van der Waals surface area contributed by atoms with Crippen LogP contribution in [0.5, 0.6) is 5.75 Å². The molecule has 0 aliphatic rings. The molecule has 0 bridgehead atoms. The first-order valence-electron chi connectivity index (χ1n) is 5.84. The van der Waals surface area contributed by atoms with E-state index in [1.54, 1.807) is 0 Å². The Hall–Kier alpha value is -1.39. The van der Waals surface area contributed by atoms with E-state index in [1.165, 1.54) is 5.56 Å². The van der Waals surface area contributed by atoms with Crippen LogP contribution in [0, 0.1) is 6.92 Å². The van der Waals surface area contributed by atoms with E-state index >= 15 is 0 Å². The molecule has 2 rings (SSSR count). The molecule has 0 amide bonds. The molecule has 2 aromatic rings. The number of halogens is 1. The number of aryl methyl sites for hydroxylation is 1. The summed E-state index contributed by atoms with van der Waals surface area (Å²) in [7, 11) is 0. The van der Waals surface area contributed by atoms with Crippen molar-refractivity contribution >= 4 is 33.1 Å². The highest BCUT2D eigenvalue weighted by atomic mass is 79.9.